The number of rotatable bonds is 5. The second-order valence-corrected chi connectivity index (χ2v) is 5.84. The predicted octanol–water partition coefficient (Wildman–Crippen LogP) is 3.01. The highest BCUT2D eigenvalue weighted by Crippen LogP contribution is 2.25. The van der Waals surface area contributed by atoms with Crippen LogP contribution >= 0.6 is 0 Å². The Bertz CT molecular complexity index is 436. The molecule has 1 saturated carbocycles. The molecule has 1 fully saturated rings. The Kier molecular flexibility index (Phi) is 5.38. The fraction of sp³-hybridized carbons (Fsp3) is 0.625. The summed E-state index contributed by atoms with van der Waals surface area (Å²) in [7, 11) is 0. The Morgan fingerprint density at radius 3 is 2.75 bits per heavy atom. The molecule has 2 unspecified atom stereocenters. The van der Waals surface area contributed by atoms with Gasteiger partial charge in [0.2, 0.25) is 0 Å². The van der Waals surface area contributed by atoms with E-state index in [1.165, 1.54) is 12.1 Å². The third-order valence-electron chi connectivity index (χ3n) is 3.60. The number of benzene rings is 1. The smallest absolute Gasteiger partial charge is 0.127 e. The molecular formula is C16H24FNO2. The minimum atomic E-state index is -0.441. The topological polar surface area (TPSA) is 41.5 Å². The molecule has 112 valence electrons. The first-order valence-electron chi connectivity index (χ1n) is 7.42. The van der Waals surface area contributed by atoms with Crippen molar-refractivity contribution in [2.75, 3.05) is 0 Å². The van der Waals surface area contributed by atoms with E-state index in [9.17, 15) is 9.50 Å². The Balaban J connectivity index is 2.03. The average Bonchev–Trinajstić information content (AvgIpc) is 2.38. The number of aliphatic hydroxyl groups is 1. The summed E-state index contributed by atoms with van der Waals surface area (Å²) in [5, 5.41) is 13.2. The van der Waals surface area contributed by atoms with Gasteiger partial charge in [0.15, 0.2) is 0 Å². The number of nitrogens with one attached hydrogen (secondary N) is 1. The van der Waals surface area contributed by atoms with Crippen LogP contribution in [0.15, 0.2) is 18.2 Å². The maximum atomic E-state index is 13.6. The summed E-state index contributed by atoms with van der Waals surface area (Å²) in [6.45, 7) is 4.71. The van der Waals surface area contributed by atoms with Gasteiger partial charge in [-0.25, -0.2) is 4.39 Å². The average molecular weight is 281 g/mol. The van der Waals surface area contributed by atoms with E-state index >= 15 is 0 Å². The molecule has 2 atom stereocenters. The molecule has 0 saturated heterocycles. The summed E-state index contributed by atoms with van der Waals surface area (Å²) >= 11 is 0. The molecule has 2 N–H and O–H groups in total. The van der Waals surface area contributed by atoms with Crippen molar-refractivity contribution in [3.63, 3.8) is 0 Å². The van der Waals surface area contributed by atoms with Crippen molar-refractivity contribution in [2.24, 2.45) is 0 Å². The molecule has 0 bridgehead atoms. The molecule has 1 aromatic rings. The van der Waals surface area contributed by atoms with Gasteiger partial charge < -0.3 is 15.2 Å². The number of aliphatic hydroxyl groups excluding tert-OH is 1. The third-order valence-corrected chi connectivity index (χ3v) is 3.60. The van der Waals surface area contributed by atoms with E-state index in [0.29, 0.717) is 18.3 Å². The van der Waals surface area contributed by atoms with E-state index in [4.69, 9.17) is 4.74 Å². The molecule has 0 amide bonds. The van der Waals surface area contributed by atoms with Crippen molar-refractivity contribution in [1.82, 2.24) is 5.32 Å². The second kappa shape index (κ2) is 7.04. The molecule has 0 radical (unpaired) electrons. The van der Waals surface area contributed by atoms with Crippen LogP contribution in [0.2, 0.25) is 0 Å². The zero-order valence-corrected chi connectivity index (χ0v) is 12.2. The second-order valence-electron chi connectivity index (χ2n) is 5.84. The van der Waals surface area contributed by atoms with Crippen LogP contribution in [-0.2, 0) is 6.54 Å². The zero-order valence-electron chi connectivity index (χ0n) is 12.2. The largest absolute Gasteiger partial charge is 0.488 e. The highest BCUT2D eigenvalue weighted by molar-refractivity contribution is 5.30. The molecule has 1 aliphatic rings. The van der Waals surface area contributed by atoms with Gasteiger partial charge >= 0.3 is 0 Å². The van der Waals surface area contributed by atoms with Gasteiger partial charge in [0.25, 0.3) is 0 Å². The number of ether oxygens (including phenoxy) is 1. The minimum absolute atomic E-state index is 0.212. The first kappa shape index (κ1) is 15.3. The zero-order chi connectivity index (χ0) is 14.5. The fourth-order valence-electron chi connectivity index (χ4n) is 2.50. The molecule has 20 heavy (non-hydrogen) atoms. The summed E-state index contributed by atoms with van der Waals surface area (Å²) in [5.41, 5.74) is 0.860. The molecule has 1 aliphatic carbocycles. The van der Waals surface area contributed by atoms with Crippen molar-refractivity contribution < 1.29 is 14.2 Å². The summed E-state index contributed by atoms with van der Waals surface area (Å²) in [6, 6.07) is 5.10. The lowest BCUT2D eigenvalue weighted by atomic mass is 9.95. The highest BCUT2D eigenvalue weighted by Gasteiger charge is 2.24. The molecule has 0 aliphatic heterocycles. The van der Waals surface area contributed by atoms with Crippen LogP contribution in [0.5, 0.6) is 5.75 Å². The summed E-state index contributed by atoms with van der Waals surface area (Å²) in [5.74, 6) is 0.213. The standard InChI is InChI=1S/C16H24FNO2/c1-11(2)18-10-12-7-13(17)9-14(8-12)20-16-6-4-3-5-15(16)19/h7-9,11,15-16,18-19H,3-6,10H2,1-2H3. The van der Waals surface area contributed by atoms with Gasteiger partial charge in [-0.05, 0) is 37.0 Å². The molecule has 0 heterocycles. The number of halogens is 1. The summed E-state index contributed by atoms with van der Waals surface area (Å²) in [4.78, 5) is 0. The molecule has 0 aromatic heterocycles. The van der Waals surface area contributed by atoms with Crippen LogP contribution in [-0.4, -0.2) is 23.4 Å². The van der Waals surface area contributed by atoms with E-state index in [1.807, 2.05) is 6.07 Å². The van der Waals surface area contributed by atoms with Crippen molar-refractivity contribution in [3.8, 4) is 5.75 Å². The van der Waals surface area contributed by atoms with Crippen LogP contribution in [0, 0.1) is 5.82 Å². The van der Waals surface area contributed by atoms with Gasteiger partial charge in [-0.15, -0.1) is 0 Å². The highest BCUT2D eigenvalue weighted by atomic mass is 19.1. The van der Waals surface area contributed by atoms with E-state index in [1.54, 1.807) is 0 Å². The Hall–Kier alpha value is -1.13. The molecule has 1 aromatic carbocycles. The lowest BCUT2D eigenvalue weighted by Crippen LogP contribution is -2.34. The van der Waals surface area contributed by atoms with Crippen LogP contribution in [0.1, 0.15) is 45.1 Å². The van der Waals surface area contributed by atoms with E-state index in [0.717, 1.165) is 31.2 Å². The number of hydrogen-bond acceptors (Lipinski definition) is 3. The van der Waals surface area contributed by atoms with Crippen molar-refractivity contribution in [3.05, 3.63) is 29.6 Å². The normalized spacial score (nSPS) is 23.1. The van der Waals surface area contributed by atoms with Crippen molar-refractivity contribution >= 4 is 0 Å². The molecule has 2 rings (SSSR count). The van der Waals surface area contributed by atoms with Crippen molar-refractivity contribution in [2.45, 2.75) is 64.3 Å². The van der Waals surface area contributed by atoms with Crippen LogP contribution < -0.4 is 10.1 Å². The van der Waals surface area contributed by atoms with E-state index in [-0.39, 0.29) is 11.9 Å². The lowest BCUT2D eigenvalue weighted by Gasteiger charge is -2.28. The predicted molar refractivity (Wildman–Crippen MR) is 77.3 cm³/mol. The van der Waals surface area contributed by atoms with Gasteiger partial charge in [-0.1, -0.05) is 20.3 Å². The number of hydrogen-bond donors (Lipinski definition) is 2. The monoisotopic (exact) mass is 281 g/mol. The first-order valence-corrected chi connectivity index (χ1v) is 7.42. The maximum Gasteiger partial charge on any atom is 0.127 e. The molecule has 4 heteroatoms. The van der Waals surface area contributed by atoms with Gasteiger partial charge in [-0.2, -0.15) is 0 Å². The SMILES string of the molecule is CC(C)NCc1cc(F)cc(OC2CCCCC2O)c1. The van der Waals surface area contributed by atoms with E-state index in [2.05, 4.69) is 19.2 Å². The van der Waals surface area contributed by atoms with Gasteiger partial charge in [-0.3, -0.25) is 0 Å². The molecular weight excluding hydrogens is 257 g/mol. The Morgan fingerprint density at radius 1 is 1.30 bits per heavy atom. The lowest BCUT2D eigenvalue weighted by molar-refractivity contribution is 0.00668. The van der Waals surface area contributed by atoms with Crippen LogP contribution in [0.4, 0.5) is 4.39 Å². The van der Waals surface area contributed by atoms with Crippen LogP contribution in [0.25, 0.3) is 0 Å². The fourth-order valence-corrected chi connectivity index (χ4v) is 2.50. The molecule has 0 spiro atoms. The van der Waals surface area contributed by atoms with E-state index < -0.39 is 6.10 Å². The van der Waals surface area contributed by atoms with Crippen LogP contribution in [0.3, 0.4) is 0 Å². The Morgan fingerprint density at radius 2 is 2.05 bits per heavy atom. The molecule has 3 nitrogen and oxygen atoms in total. The summed E-state index contributed by atoms with van der Waals surface area (Å²) in [6.07, 6.45) is 3.03. The quantitative estimate of drug-likeness (QED) is 0.871. The first-order chi connectivity index (χ1) is 9.54. The summed E-state index contributed by atoms with van der Waals surface area (Å²) < 4.78 is 19.4. The van der Waals surface area contributed by atoms with Crippen molar-refractivity contribution in [1.29, 1.82) is 0 Å². The maximum absolute atomic E-state index is 13.6. The third kappa shape index (κ3) is 4.46. The van der Waals surface area contributed by atoms with Gasteiger partial charge in [0.1, 0.15) is 17.7 Å². The Labute approximate surface area is 120 Å². The van der Waals surface area contributed by atoms with Gasteiger partial charge in [0, 0.05) is 18.7 Å². The minimum Gasteiger partial charge on any atom is -0.488 e. The van der Waals surface area contributed by atoms with Gasteiger partial charge in [0.05, 0.1) is 6.10 Å².